The van der Waals surface area contributed by atoms with E-state index in [9.17, 15) is 9.90 Å². The van der Waals surface area contributed by atoms with E-state index in [4.69, 9.17) is 4.98 Å². The molecule has 0 radical (unpaired) electrons. The van der Waals surface area contributed by atoms with E-state index in [-0.39, 0.29) is 6.42 Å². The van der Waals surface area contributed by atoms with Crippen molar-refractivity contribution in [2.45, 2.75) is 23.5 Å². The molecule has 0 aliphatic carbocycles. The summed E-state index contributed by atoms with van der Waals surface area (Å²) in [5, 5.41) is 14.7. The zero-order valence-corrected chi connectivity index (χ0v) is 27.0. The first kappa shape index (κ1) is 31.6. The summed E-state index contributed by atoms with van der Waals surface area (Å²) in [7, 11) is 0. The highest BCUT2D eigenvalue weighted by atomic mass is 16.4. The van der Waals surface area contributed by atoms with E-state index in [0.717, 1.165) is 39.1 Å². The molecule has 5 nitrogen and oxygen atoms in total. The molecule has 0 aliphatic heterocycles. The number of carbonyl (C=O) groups is 1. The fourth-order valence-electron chi connectivity index (χ4n) is 7.22. The molecule has 1 unspecified atom stereocenters. The van der Waals surface area contributed by atoms with Crippen molar-refractivity contribution in [3.63, 3.8) is 0 Å². The van der Waals surface area contributed by atoms with Gasteiger partial charge in [0.05, 0.1) is 11.9 Å². The summed E-state index contributed by atoms with van der Waals surface area (Å²) in [5.41, 5.74) is 4.94. The van der Waals surface area contributed by atoms with E-state index in [1.54, 1.807) is 6.20 Å². The highest BCUT2D eigenvalue weighted by molar-refractivity contribution is 5.74. The molecule has 2 N–H and O–H groups in total. The summed E-state index contributed by atoms with van der Waals surface area (Å²) in [5.74, 6) is -0.954. The minimum absolute atomic E-state index is 0.165. The number of hydrogen-bond donors (Lipinski definition) is 2. The highest BCUT2D eigenvalue weighted by Crippen LogP contribution is 2.42. The smallest absolute Gasteiger partial charge is 0.321 e. The summed E-state index contributed by atoms with van der Waals surface area (Å²) in [6.45, 7) is 0. The maximum Gasteiger partial charge on any atom is 0.321 e. The van der Waals surface area contributed by atoms with Crippen LogP contribution in [0.5, 0.6) is 0 Å². The van der Waals surface area contributed by atoms with Gasteiger partial charge >= 0.3 is 5.97 Å². The lowest BCUT2D eigenvalue weighted by Gasteiger charge is -2.40. The Labute approximate surface area is 287 Å². The Kier molecular flexibility index (Phi) is 9.00. The quantitative estimate of drug-likeness (QED) is 0.132. The van der Waals surface area contributed by atoms with Crippen LogP contribution in [0.3, 0.4) is 0 Å². The van der Waals surface area contributed by atoms with E-state index < -0.39 is 23.1 Å². The molecule has 49 heavy (non-hydrogen) atoms. The maximum atomic E-state index is 13.5. The Morgan fingerprint density at radius 1 is 0.551 bits per heavy atom. The molecule has 5 heteroatoms. The van der Waals surface area contributed by atoms with Gasteiger partial charge in [0.2, 0.25) is 0 Å². The van der Waals surface area contributed by atoms with E-state index in [2.05, 4.69) is 82.7 Å². The zero-order chi connectivity index (χ0) is 33.5. The molecule has 240 valence electrons. The van der Waals surface area contributed by atoms with Crippen LogP contribution in [0.1, 0.15) is 39.1 Å². The predicted molar refractivity (Wildman–Crippen MR) is 194 cm³/mol. The van der Waals surface area contributed by atoms with Crippen LogP contribution in [0, 0.1) is 0 Å². The minimum atomic E-state index is -1.00. The van der Waals surface area contributed by atoms with Gasteiger partial charge in [-0.3, -0.25) is 10.1 Å². The molecule has 0 saturated carbocycles. The van der Waals surface area contributed by atoms with Gasteiger partial charge in [-0.05, 0) is 33.4 Å². The van der Waals surface area contributed by atoms with Crippen LogP contribution < -0.4 is 5.32 Å². The van der Waals surface area contributed by atoms with Gasteiger partial charge < -0.3 is 9.67 Å². The summed E-state index contributed by atoms with van der Waals surface area (Å²) in [4.78, 5) is 18.2. The number of hydrogen-bond acceptors (Lipinski definition) is 3. The summed E-state index contributed by atoms with van der Waals surface area (Å²) in [6, 6.07) is 60.3. The van der Waals surface area contributed by atoms with Gasteiger partial charge in [-0.1, -0.05) is 182 Å². The Bertz CT molecular complexity index is 1890. The summed E-state index contributed by atoms with van der Waals surface area (Å²) in [6.07, 6.45) is 3.80. The molecule has 0 bridgehead atoms. The number of aromatic nitrogens is 2. The van der Waals surface area contributed by atoms with Gasteiger partial charge in [-0.15, -0.1) is 0 Å². The van der Waals surface area contributed by atoms with Gasteiger partial charge in [0.1, 0.15) is 11.6 Å². The van der Waals surface area contributed by atoms with Crippen molar-refractivity contribution < 1.29 is 9.90 Å². The molecule has 0 saturated heterocycles. The lowest BCUT2D eigenvalue weighted by atomic mass is 9.76. The number of nitrogens with one attached hydrogen (secondary N) is 1. The first-order valence-corrected chi connectivity index (χ1v) is 16.5. The third-order valence-electron chi connectivity index (χ3n) is 9.37. The molecular formula is C44H37N3O2. The van der Waals surface area contributed by atoms with Crippen LogP contribution >= 0.6 is 0 Å². The number of aliphatic carboxylic acids is 1. The molecule has 0 spiro atoms. The van der Waals surface area contributed by atoms with E-state index in [1.165, 1.54) is 0 Å². The fourth-order valence-corrected chi connectivity index (χ4v) is 7.22. The van der Waals surface area contributed by atoms with Gasteiger partial charge in [0, 0.05) is 18.3 Å². The fraction of sp³-hybridized carbons (Fsp3) is 0.0909. The SMILES string of the molecule is O=C(O)C(Cc1cncn1C(c1ccccc1)(c1ccccc1)c1ccccc1)NC(c1ccccc1)(c1ccccc1)c1ccccc1. The Morgan fingerprint density at radius 3 is 1.20 bits per heavy atom. The van der Waals surface area contributed by atoms with Gasteiger partial charge in [-0.2, -0.15) is 0 Å². The predicted octanol–water partition coefficient (Wildman–Crippen LogP) is 8.30. The van der Waals surface area contributed by atoms with Crippen molar-refractivity contribution >= 4 is 5.97 Å². The lowest BCUT2D eigenvalue weighted by molar-refractivity contribution is -0.139. The number of nitrogens with zero attached hydrogens (tertiary/aromatic N) is 2. The average Bonchev–Trinajstić information content (AvgIpc) is 3.64. The Hall–Kier alpha value is -6.04. The molecule has 0 fully saturated rings. The van der Waals surface area contributed by atoms with E-state index in [1.807, 2.05) is 116 Å². The number of rotatable bonds is 12. The Balaban J connectivity index is 1.42. The van der Waals surface area contributed by atoms with E-state index in [0.29, 0.717) is 0 Å². The molecule has 1 aromatic heterocycles. The second kappa shape index (κ2) is 14.0. The second-order valence-corrected chi connectivity index (χ2v) is 12.2. The van der Waals surface area contributed by atoms with Crippen molar-refractivity contribution in [3.8, 4) is 0 Å². The molecular weight excluding hydrogens is 603 g/mol. The third-order valence-corrected chi connectivity index (χ3v) is 9.37. The third kappa shape index (κ3) is 5.86. The second-order valence-electron chi connectivity index (χ2n) is 12.2. The van der Waals surface area contributed by atoms with Gasteiger partial charge in [0.15, 0.2) is 0 Å². The van der Waals surface area contributed by atoms with Crippen LogP contribution in [0.2, 0.25) is 0 Å². The van der Waals surface area contributed by atoms with Crippen LogP contribution in [-0.2, 0) is 22.3 Å². The monoisotopic (exact) mass is 639 g/mol. The van der Waals surface area contributed by atoms with Crippen LogP contribution in [0.25, 0.3) is 0 Å². The highest BCUT2D eigenvalue weighted by Gasteiger charge is 2.43. The average molecular weight is 640 g/mol. The normalized spacial score (nSPS) is 12.3. The van der Waals surface area contributed by atoms with Gasteiger partial charge in [-0.25, -0.2) is 4.98 Å². The molecule has 7 aromatic rings. The largest absolute Gasteiger partial charge is 0.480 e. The van der Waals surface area contributed by atoms with Crippen molar-refractivity contribution in [1.29, 1.82) is 0 Å². The van der Waals surface area contributed by atoms with Crippen LogP contribution in [0.4, 0.5) is 0 Å². The van der Waals surface area contributed by atoms with Crippen LogP contribution in [0.15, 0.2) is 195 Å². The topological polar surface area (TPSA) is 67.1 Å². The van der Waals surface area contributed by atoms with Crippen molar-refractivity contribution in [2.24, 2.45) is 0 Å². The van der Waals surface area contributed by atoms with Crippen LogP contribution in [-0.4, -0.2) is 26.7 Å². The van der Waals surface area contributed by atoms with Crippen molar-refractivity contribution in [3.05, 3.63) is 234 Å². The number of carboxylic acid groups (broad SMARTS) is 1. The molecule has 0 amide bonds. The number of benzene rings is 6. The molecule has 6 aromatic carbocycles. The standard InChI is InChI=1S/C44H37N3O2/c48-42(49)41(46-43(34-19-7-1-8-20-34,35-21-9-2-10-22-35)36-23-11-3-12-24-36)31-40-32-45-33-47(40)44(37-25-13-4-14-26-37,38-27-15-5-16-28-38)39-29-17-6-18-30-39/h1-30,32-33,41,46H,31H2,(H,48,49). The number of carboxylic acids is 1. The summed E-state index contributed by atoms with van der Waals surface area (Å²) < 4.78 is 2.15. The van der Waals surface area contributed by atoms with Crippen molar-refractivity contribution in [2.75, 3.05) is 0 Å². The zero-order valence-electron chi connectivity index (χ0n) is 27.0. The molecule has 1 heterocycles. The lowest BCUT2D eigenvalue weighted by Crippen LogP contribution is -2.53. The van der Waals surface area contributed by atoms with E-state index >= 15 is 0 Å². The maximum absolute atomic E-state index is 13.5. The molecule has 0 aliphatic rings. The number of imidazole rings is 1. The minimum Gasteiger partial charge on any atom is -0.480 e. The molecule has 7 rings (SSSR count). The first-order valence-electron chi connectivity index (χ1n) is 16.5. The summed E-state index contributed by atoms with van der Waals surface area (Å²) >= 11 is 0. The first-order chi connectivity index (χ1) is 24.1. The molecule has 1 atom stereocenters. The van der Waals surface area contributed by atoms with Crippen molar-refractivity contribution in [1.82, 2.24) is 14.9 Å². The Morgan fingerprint density at radius 2 is 0.878 bits per heavy atom. The van der Waals surface area contributed by atoms with Gasteiger partial charge in [0.25, 0.3) is 0 Å².